The van der Waals surface area contributed by atoms with Gasteiger partial charge >= 0.3 is 0 Å². The van der Waals surface area contributed by atoms with Crippen molar-refractivity contribution in [2.45, 2.75) is 12.8 Å². The summed E-state index contributed by atoms with van der Waals surface area (Å²) >= 11 is 6.20. The van der Waals surface area contributed by atoms with E-state index in [-0.39, 0.29) is 40.5 Å². The Morgan fingerprint density at radius 2 is 2.06 bits per heavy atom. The van der Waals surface area contributed by atoms with Crippen LogP contribution < -0.4 is 31.2 Å². The molecule has 1 aromatic carbocycles. The lowest BCUT2D eigenvalue weighted by atomic mass is 9.97. The van der Waals surface area contributed by atoms with Crippen molar-refractivity contribution >= 4 is 40.8 Å². The van der Waals surface area contributed by atoms with E-state index in [0.717, 1.165) is 19.4 Å². The van der Waals surface area contributed by atoms with Gasteiger partial charge in [-0.1, -0.05) is 11.6 Å². The lowest BCUT2D eigenvalue weighted by Crippen LogP contribution is -2.41. The van der Waals surface area contributed by atoms with Crippen LogP contribution in [0.1, 0.15) is 23.2 Å². The number of carbonyl (C=O) groups excluding carboxylic acids is 3. The van der Waals surface area contributed by atoms with E-state index < -0.39 is 11.8 Å². The molecule has 5 N–H and O–H groups in total. The zero-order chi connectivity index (χ0) is 23.3. The molecule has 0 saturated carbocycles. The van der Waals surface area contributed by atoms with Crippen molar-refractivity contribution in [2.75, 3.05) is 37.0 Å². The van der Waals surface area contributed by atoms with Crippen LogP contribution in [-0.4, -0.2) is 49.5 Å². The zero-order valence-corrected chi connectivity index (χ0v) is 18.2. The quantitative estimate of drug-likeness (QED) is 0.539. The second kappa shape index (κ2) is 10.2. The number of amides is 3. The number of anilines is 2. The van der Waals surface area contributed by atoms with Crippen LogP contribution in [0.3, 0.4) is 0 Å². The average Bonchev–Trinajstić information content (AvgIpc) is 2.78. The van der Waals surface area contributed by atoms with Gasteiger partial charge in [-0.25, -0.2) is 4.98 Å². The van der Waals surface area contributed by atoms with Gasteiger partial charge in [0.2, 0.25) is 5.91 Å². The molecule has 3 rings (SSSR count). The maximum Gasteiger partial charge on any atom is 0.255 e. The number of nitrogens with one attached hydrogen (secondary N) is 1. The van der Waals surface area contributed by atoms with Crippen LogP contribution >= 0.6 is 11.6 Å². The molecular weight excluding hydrogens is 438 g/mol. The number of halogens is 1. The number of nitrogens with zero attached hydrogens (tertiary/aromatic N) is 2. The van der Waals surface area contributed by atoms with Crippen molar-refractivity contribution in [1.29, 1.82) is 0 Å². The van der Waals surface area contributed by atoms with E-state index in [4.69, 9.17) is 32.5 Å². The molecule has 2 heterocycles. The van der Waals surface area contributed by atoms with Gasteiger partial charge in [-0.2, -0.15) is 0 Å². The van der Waals surface area contributed by atoms with E-state index in [0.29, 0.717) is 18.1 Å². The van der Waals surface area contributed by atoms with E-state index in [2.05, 4.69) is 10.3 Å². The van der Waals surface area contributed by atoms with Crippen LogP contribution in [0.5, 0.6) is 11.5 Å². The molecule has 170 valence electrons. The lowest BCUT2D eigenvalue weighted by molar-refractivity contribution is -0.122. The van der Waals surface area contributed by atoms with E-state index in [1.54, 1.807) is 12.1 Å². The number of hydrogen-bond acceptors (Lipinski definition) is 7. The summed E-state index contributed by atoms with van der Waals surface area (Å²) in [4.78, 5) is 41.5. The highest BCUT2D eigenvalue weighted by molar-refractivity contribution is 6.32. The number of nitrogens with two attached hydrogens (primary N) is 2. The van der Waals surface area contributed by atoms with Crippen LogP contribution in [0.4, 0.5) is 11.5 Å². The fourth-order valence-corrected chi connectivity index (χ4v) is 3.67. The Bertz CT molecular complexity index is 1010. The molecule has 3 amide bonds. The molecule has 1 aliphatic heterocycles. The molecule has 2 aromatic rings. The Morgan fingerprint density at radius 1 is 1.28 bits per heavy atom. The Balaban J connectivity index is 1.70. The van der Waals surface area contributed by atoms with Crippen LogP contribution in [0.2, 0.25) is 5.02 Å². The molecule has 11 heteroatoms. The van der Waals surface area contributed by atoms with Crippen molar-refractivity contribution in [1.82, 2.24) is 4.98 Å². The number of piperidine rings is 1. The summed E-state index contributed by atoms with van der Waals surface area (Å²) in [5.74, 6) is -0.603. The SMILES string of the molecule is COc1cc(C(=O)Nc2ccc(N3CCCC(C(N)=O)C3)nc2)cc(Cl)c1OCC(N)=O. The number of methoxy groups -OCH3 is 1. The molecule has 1 aromatic heterocycles. The third kappa shape index (κ3) is 5.58. The standard InChI is InChI=1S/C21H24ClN5O5/c1-31-16-8-13(7-15(22)19(16)32-11-17(23)28)21(30)26-14-4-5-18(25-9-14)27-6-2-3-12(10-27)20(24)29/h4-5,7-9,12H,2-3,6,10-11H2,1H3,(H2,23,28)(H2,24,29)(H,26,30). The maximum atomic E-state index is 12.7. The summed E-state index contributed by atoms with van der Waals surface area (Å²) in [7, 11) is 1.39. The van der Waals surface area contributed by atoms with Crippen molar-refractivity contribution < 1.29 is 23.9 Å². The van der Waals surface area contributed by atoms with E-state index in [1.807, 2.05) is 4.90 Å². The first-order valence-corrected chi connectivity index (χ1v) is 10.3. The second-order valence-electron chi connectivity index (χ2n) is 7.29. The largest absolute Gasteiger partial charge is 0.493 e. The Morgan fingerprint density at radius 3 is 2.69 bits per heavy atom. The number of rotatable bonds is 8. The predicted octanol–water partition coefficient (Wildman–Crippen LogP) is 1.56. The zero-order valence-electron chi connectivity index (χ0n) is 17.5. The molecule has 10 nitrogen and oxygen atoms in total. The average molecular weight is 462 g/mol. The van der Waals surface area contributed by atoms with Gasteiger partial charge in [-0.3, -0.25) is 14.4 Å². The Hall–Kier alpha value is -3.53. The van der Waals surface area contributed by atoms with E-state index in [1.165, 1.54) is 25.4 Å². The number of aromatic nitrogens is 1. The van der Waals surface area contributed by atoms with Crippen LogP contribution in [0.25, 0.3) is 0 Å². The molecule has 0 bridgehead atoms. The van der Waals surface area contributed by atoms with Gasteiger partial charge in [-0.05, 0) is 37.1 Å². The number of carbonyl (C=O) groups is 3. The summed E-state index contributed by atoms with van der Waals surface area (Å²) in [6, 6.07) is 6.33. The molecule has 0 aliphatic carbocycles. The summed E-state index contributed by atoms with van der Waals surface area (Å²) in [5.41, 5.74) is 11.2. The molecule has 1 atom stereocenters. The first-order valence-electron chi connectivity index (χ1n) is 9.88. The Kier molecular flexibility index (Phi) is 7.37. The van der Waals surface area contributed by atoms with Gasteiger partial charge < -0.3 is 31.2 Å². The van der Waals surface area contributed by atoms with E-state index in [9.17, 15) is 14.4 Å². The van der Waals surface area contributed by atoms with Gasteiger partial charge in [0.1, 0.15) is 5.82 Å². The fraction of sp³-hybridized carbons (Fsp3) is 0.333. The van der Waals surface area contributed by atoms with Crippen LogP contribution in [0.15, 0.2) is 30.5 Å². The van der Waals surface area contributed by atoms with Crippen LogP contribution in [0, 0.1) is 5.92 Å². The van der Waals surface area contributed by atoms with Crippen molar-refractivity contribution in [3.05, 3.63) is 41.0 Å². The van der Waals surface area contributed by atoms with E-state index >= 15 is 0 Å². The second-order valence-corrected chi connectivity index (χ2v) is 7.70. The maximum absolute atomic E-state index is 12.7. The normalized spacial score (nSPS) is 15.7. The topological polar surface area (TPSA) is 150 Å². The van der Waals surface area contributed by atoms with Gasteiger partial charge in [0, 0.05) is 18.7 Å². The number of hydrogen-bond donors (Lipinski definition) is 3. The summed E-state index contributed by atoms with van der Waals surface area (Å²) in [6.07, 6.45) is 3.16. The number of benzene rings is 1. The predicted molar refractivity (Wildman–Crippen MR) is 119 cm³/mol. The molecule has 1 unspecified atom stereocenters. The highest BCUT2D eigenvalue weighted by Gasteiger charge is 2.24. The third-order valence-corrected chi connectivity index (χ3v) is 5.28. The molecular formula is C21H24ClN5O5. The number of ether oxygens (including phenoxy) is 2. The summed E-state index contributed by atoms with van der Waals surface area (Å²) < 4.78 is 10.5. The highest BCUT2D eigenvalue weighted by atomic mass is 35.5. The molecule has 0 radical (unpaired) electrons. The van der Waals surface area contributed by atoms with Gasteiger partial charge in [-0.15, -0.1) is 0 Å². The number of primary amides is 2. The monoisotopic (exact) mass is 461 g/mol. The molecule has 1 aliphatic rings. The lowest BCUT2D eigenvalue weighted by Gasteiger charge is -2.32. The minimum absolute atomic E-state index is 0.0957. The first-order chi connectivity index (χ1) is 15.3. The summed E-state index contributed by atoms with van der Waals surface area (Å²) in [6.45, 7) is 0.929. The summed E-state index contributed by atoms with van der Waals surface area (Å²) in [5, 5.41) is 2.84. The molecule has 32 heavy (non-hydrogen) atoms. The van der Waals surface area contributed by atoms with Crippen LogP contribution in [-0.2, 0) is 9.59 Å². The smallest absolute Gasteiger partial charge is 0.255 e. The van der Waals surface area contributed by atoms with Gasteiger partial charge in [0.05, 0.1) is 29.9 Å². The van der Waals surface area contributed by atoms with Gasteiger partial charge in [0.25, 0.3) is 11.8 Å². The molecule has 0 spiro atoms. The molecule has 1 saturated heterocycles. The Labute approximate surface area is 189 Å². The minimum Gasteiger partial charge on any atom is -0.493 e. The van der Waals surface area contributed by atoms with Crippen molar-refractivity contribution in [3.8, 4) is 11.5 Å². The molecule has 1 fully saturated rings. The van der Waals surface area contributed by atoms with Crippen molar-refractivity contribution in [3.63, 3.8) is 0 Å². The number of pyridine rings is 1. The third-order valence-electron chi connectivity index (χ3n) is 5.00. The first kappa shape index (κ1) is 23.1. The minimum atomic E-state index is -0.671. The van der Waals surface area contributed by atoms with Gasteiger partial charge in [0.15, 0.2) is 18.1 Å². The highest BCUT2D eigenvalue weighted by Crippen LogP contribution is 2.36. The fourth-order valence-electron chi connectivity index (χ4n) is 3.40. The van der Waals surface area contributed by atoms with Crippen molar-refractivity contribution in [2.24, 2.45) is 17.4 Å².